The van der Waals surface area contributed by atoms with E-state index in [0.29, 0.717) is 82.8 Å². The summed E-state index contributed by atoms with van der Waals surface area (Å²) in [5.74, 6) is 2.64. The number of aliphatic carboxylic acids is 1. The van der Waals surface area contributed by atoms with E-state index in [2.05, 4.69) is 35.9 Å². The molecule has 0 aliphatic rings. The monoisotopic (exact) mass is 974 g/mol. The standard InChI is InChI=1S/C24H22BrN3O6.C22H26ClN3O5/c1-14-19(26-15(2)32-14)8-10-22-27-20-11-16(3-9-21(20)34-22)12-28(13-23(29)30)24(31)33-18-6-4-17(25)5-7-18;1-13-16(24-14(2)29-13)7-9-19-25-17-10-15(6-8-18(17)30-19)11-26(21(23)28)12-20(27)31-22(3,4)5/h3-7,9,11H,8,10,12-13H2,1-2H3,(H,29,30);6,8,10H,7,9,11-12H2,1-5H3. The number of benzene rings is 3. The Kier molecular flexibility index (Phi) is 15.5. The number of carboxylic acid groups (broad SMARTS) is 1. The molecule has 0 unspecified atom stereocenters. The summed E-state index contributed by atoms with van der Waals surface area (Å²) >= 11 is 8.99. The van der Waals surface area contributed by atoms with Crippen molar-refractivity contribution in [1.82, 2.24) is 29.7 Å². The molecule has 1 N–H and O–H groups in total. The van der Waals surface area contributed by atoms with Crippen LogP contribution in [0.3, 0.4) is 0 Å². The van der Waals surface area contributed by atoms with Gasteiger partial charge in [0.05, 0.1) is 11.4 Å². The van der Waals surface area contributed by atoms with Gasteiger partial charge in [-0.2, -0.15) is 0 Å². The topological polar surface area (TPSA) is 218 Å². The number of carboxylic acids is 1. The maximum atomic E-state index is 12.6. The first kappa shape index (κ1) is 47.9. The quantitative estimate of drug-likeness (QED) is 0.0574. The molecule has 2 amide bonds. The summed E-state index contributed by atoms with van der Waals surface area (Å²) < 4.78 is 34.0. The van der Waals surface area contributed by atoms with Gasteiger partial charge >= 0.3 is 23.4 Å². The number of hydrogen-bond acceptors (Lipinski definition) is 14. The highest BCUT2D eigenvalue weighted by Gasteiger charge is 2.23. The number of nitrogens with zero attached hydrogens (tertiary/aromatic N) is 6. The minimum Gasteiger partial charge on any atom is -0.480 e. The molecule has 0 aliphatic carbocycles. The molecule has 7 aromatic rings. The van der Waals surface area contributed by atoms with Crippen LogP contribution in [0, 0.1) is 27.7 Å². The lowest BCUT2D eigenvalue weighted by atomic mass is 10.2. The number of aromatic nitrogens is 4. The Morgan fingerprint density at radius 2 is 1.17 bits per heavy atom. The van der Waals surface area contributed by atoms with Crippen molar-refractivity contribution in [2.45, 2.75) is 92.8 Å². The summed E-state index contributed by atoms with van der Waals surface area (Å²) in [7, 11) is 0. The molecule has 0 fully saturated rings. The van der Waals surface area contributed by atoms with Crippen molar-refractivity contribution >= 4 is 73.1 Å². The Labute approximate surface area is 387 Å². The minimum atomic E-state index is -1.14. The van der Waals surface area contributed by atoms with Gasteiger partial charge < -0.3 is 37.1 Å². The fourth-order valence-corrected chi connectivity index (χ4v) is 7.06. The first-order valence-corrected chi connectivity index (χ1v) is 21.7. The number of rotatable bonds is 15. The fourth-order valence-electron chi connectivity index (χ4n) is 6.68. The van der Waals surface area contributed by atoms with E-state index in [9.17, 15) is 24.3 Å². The highest BCUT2D eigenvalue weighted by Crippen LogP contribution is 2.24. The van der Waals surface area contributed by atoms with Gasteiger partial charge in [0.15, 0.2) is 34.7 Å². The number of amides is 2. The number of carbonyl (C=O) groups excluding carboxylic acids is 3. The van der Waals surface area contributed by atoms with Gasteiger partial charge in [0.25, 0.3) is 0 Å². The molecule has 4 aromatic heterocycles. The fraction of sp³-hybridized carbons (Fsp3) is 0.348. The predicted octanol–water partition coefficient (Wildman–Crippen LogP) is 9.79. The van der Waals surface area contributed by atoms with E-state index in [4.69, 9.17) is 38.7 Å². The van der Waals surface area contributed by atoms with Crippen molar-refractivity contribution in [1.29, 1.82) is 0 Å². The summed E-state index contributed by atoms with van der Waals surface area (Å²) in [4.78, 5) is 68.0. The number of hydrogen-bond donors (Lipinski definition) is 1. The van der Waals surface area contributed by atoms with Crippen molar-refractivity contribution in [3.8, 4) is 5.75 Å². The average molecular weight is 976 g/mol. The van der Waals surface area contributed by atoms with Crippen LogP contribution in [0.15, 0.2) is 82.8 Å². The molecule has 0 bridgehead atoms. The highest BCUT2D eigenvalue weighted by molar-refractivity contribution is 9.10. The normalized spacial score (nSPS) is 11.3. The molecule has 0 aliphatic heterocycles. The Hall–Kier alpha value is -6.53. The molecule has 7 rings (SSSR count). The molecule has 0 radical (unpaired) electrons. The van der Waals surface area contributed by atoms with E-state index in [1.54, 1.807) is 76.2 Å². The maximum Gasteiger partial charge on any atom is 0.416 e. The Bertz CT molecular complexity index is 2810. The second-order valence-corrected chi connectivity index (χ2v) is 17.3. The Morgan fingerprint density at radius 3 is 1.60 bits per heavy atom. The van der Waals surface area contributed by atoms with Gasteiger partial charge in [0, 0.05) is 57.1 Å². The molecule has 4 heterocycles. The second-order valence-electron chi connectivity index (χ2n) is 16.1. The van der Waals surface area contributed by atoms with E-state index >= 15 is 0 Å². The summed E-state index contributed by atoms with van der Waals surface area (Å²) in [6, 6.07) is 17.4. The molecular formula is C46H48BrClN6O11. The summed E-state index contributed by atoms with van der Waals surface area (Å²) in [6.07, 6.45) is 1.68. The van der Waals surface area contributed by atoms with Crippen LogP contribution in [0.4, 0.5) is 9.59 Å². The van der Waals surface area contributed by atoms with E-state index in [1.807, 2.05) is 32.9 Å². The second kappa shape index (κ2) is 21.0. The zero-order valence-electron chi connectivity index (χ0n) is 36.9. The largest absolute Gasteiger partial charge is 0.480 e. The lowest BCUT2D eigenvalue weighted by Crippen LogP contribution is -2.37. The Morgan fingerprint density at radius 1 is 0.677 bits per heavy atom. The van der Waals surface area contributed by atoms with Crippen LogP contribution >= 0.6 is 27.5 Å². The highest BCUT2D eigenvalue weighted by atomic mass is 79.9. The minimum absolute atomic E-state index is 0.0389. The first-order valence-electron chi connectivity index (χ1n) is 20.5. The first-order chi connectivity index (χ1) is 30.8. The summed E-state index contributed by atoms with van der Waals surface area (Å²) in [5, 5.41) is 8.54. The van der Waals surface area contributed by atoms with Crippen LogP contribution in [0.25, 0.3) is 22.2 Å². The predicted molar refractivity (Wildman–Crippen MR) is 241 cm³/mol. The van der Waals surface area contributed by atoms with Crippen LogP contribution in [-0.4, -0.2) is 76.9 Å². The van der Waals surface area contributed by atoms with Crippen LogP contribution in [-0.2, 0) is 53.1 Å². The zero-order valence-corrected chi connectivity index (χ0v) is 39.2. The molecule has 0 saturated heterocycles. The molecule has 0 saturated carbocycles. The van der Waals surface area contributed by atoms with E-state index in [0.717, 1.165) is 37.8 Å². The Balaban J connectivity index is 0.000000216. The third kappa shape index (κ3) is 14.0. The van der Waals surface area contributed by atoms with Crippen molar-refractivity contribution in [3.63, 3.8) is 0 Å². The summed E-state index contributed by atoms with van der Waals surface area (Å²) in [5.41, 5.74) is 5.12. The van der Waals surface area contributed by atoms with Gasteiger partial charge in [-0.05, 0) is 106 Å². The zero-order chi connectivity index (χ0) is 47.0. The van der Waals surface area contributed by atoms with Gasteiger partial charge in [-0.15, -0.1) is 0 Å². The van der Waals surface area contributed by atoms with Crippen molar-refractivity contribution in [3.05, 3.63) is 123 Å². The van der Waals surface area contributed by atoms with Crippen LogP contribution in [0.5, 0.6) is 5.75 Å². The van der Waals surface area contributed by atoms with E-state index in [1.165, 1.54) is 4.90 Å². The maximum absolute atomic E-state index is 12.6. The molecular weight excluding hydrogens is 928 g/mol. The molecule has 65 heavy (non-hydrogen) atoms. The molecule has 3 aromatic carbocycles. The smallest absolute Gasteiger partial charge is 0.416 e. The molecule has 342 valence electrons. The van der Waals surface area contributed by atoms with Crippen LogP contribution in [0.1, 0.15) is 78.4 Å². The van der Waals surface area contributed by atoms with Gasteiger partial charge in [-0.1, -0.05) is 28.1 Å². The number of esters is 1. The van der Waals surface area contributed by atoms with Gasteiger partial charge in [-0.3, -0.25) is 19.3 Å². The van der Waals surface area contributed by atoms with Gasteiger partial charge in [0.2, 0.25) is 0 Å². The molecule has 19 heteroatoms. The number of carbonyl (C=O) groups is 4. The lowest BCUT2D eigenvalue weighted by Gasteiger charge is -2.23. The molecule has 0 atom stereocenters. The third-order valence-corrected chi connectivity index (χ3v) is 10.2. The van der Waals surface area contributed by atoms with Gasteiger partial charge in [-0.25, -0.2) is 24.7 Å². The number of oxazole rings is 4. The van der Waals surface area contributed by atoms with Crippen LogP contribution in [0.2, 0.25) is 0 Å². The van der Waals surface area contributed by atoms with Crippen molar-refractivity contribution < 1.29 is 51.4 Å². The summed E-state index contributed by atoms with van der Waals surface area (Å²) in [6.45, 7) is 12.1. The van der Waals surface area contributed by atoms with E-state index < -0.39 is 35.5 Å². The van der Waals surface area contributed by atoms with E-state index in [-0.39, 0.29) is 19.6 Å². The number of fused-ring (bicyclic) bond motifs is 2. The molecule has 0 spiro atoms. The molecule has 17 nitrogen and oxygen atoms in total. The average Bonchev–Trinajstić information content (AvgIpc) is 3.99. The third-order valence-electron chi connectivity index (χ3n) is 9.48. The van der Waals surface area contributed by atoms with Crippen molar-refractivity contribution in [2.24, 2.45) is 0 Å². The van der Waals surface area contributed by atoms with Gasteiger partial charge in [0.1, 0.15) is 47.0 Å². The number of halogens is 2. The SMILES string of the molecule is Cc1nc(CCc2nc3cc(CN(CC(=O)O)C(=O)Oc4ccc(Br)cc4)ccc3o2)c(C)o1.Cc1nc(CCc2nc3cc(CN(CC(=O)OC(C)(C)C)C(=O)Cl)ccc3o2)c(C)o1. The number of ether oxygens (including phenoxy) is 2. The lowest BCUT2D eigenvalue weighted by molar-refractivity contribution is -0.155. The van der Waals surface area contributed by atoms with Crippen LogP contribution < -0.4 is 4.74 Å². The number of aryl methyl sites for hydroxylation is 8. The van der Waals surface area contributed by atoms with Crippen molar-refractivity contribution in [2.75, 3.05) is 13.1 Å².